The summed E-state index contributed by atoms with van der Waals surface area (Å²) in [5.41, 5.74) is 0.524. The van der Waals surface area contributed by atoms with Gasteiger partial charge in [-0.1, -0.05) is 33.6 Å². The summed E-state index contributed by atoms with van der Waals surface area (Å²) in [6.45, 7) is 8.52. The third-order valence-electron chi connectivity index (χ3n) is 5.12. The van der Waals surface area contributed by atoms with Crippen molar-refractivity contribution in [3.63, 3.8) is 0 Å². The van der Waals surface area contributed by atoms with Crippen LogP contribution in [0.1, 0.15) is 72.1 Å². The molecule has 0 saturated heterocycles. The third-order valence-corrected chi connectivity index (χ3v) is 5.12. The molecule has 0 aromatic rings. The van der Waals surface area contributed by atoms with Crippen molar-refractivity contribution in [1.82, 2.24) is 5.32 Å². The lowest BCUT2D eigenvalue weighted by Gasteiger charge is -2.37. The molecule has 2 fully saturated rings. The van der Waals surface area contributed by atoms with E-state index >= 15 is 0 Å². The van der Waals surface area contributed by atoms with Gasteiger partial charge in [-0.3, -0.25) is 0 Å². The van der Waals surface area contributed by atoms with Crippen LogP contribution in [0.3, 0.4) is 0 Å². The molecule has 0 radical (unpaired) electrons. The average Bonchev–Trinajstić information content (AvgIpc) is 2.78. The summed E-state index contributed by atoms with van der Waals surface area (Å²) in [6, 6.07) is 0.828. The number of hydrogen-bond donors (Lipinski definition) is 1. The van der Waals surface area contributed by atoms with Crippen molar-refractivity contribution in [3.05, 3.63) is 0 Å². The van der Waals surface area contributed by atoms with Crippen LogP contribution in [0.2, 0.25) is 0 Å². The van der Waals surface area contributed by atoms with Gasteiger partial charge >= 0.3 is 0 Å². The van der Waals surface area contributed by atoms with Gasteiger partial charge in [-0.05, 0) is 62.3 Å². The number of hydrogen-bond acceptors (Lipinski definition) is 1. The predicted molar refractivity (Wildman–Crippen MR) is 75.2 cm³/mol. The van der Waals surface area contributed by atoms with Crippen molar-refractivity contribution in [2.75, 3.05) is 6.54 Å². The van der Waals surface area contributed by atoms with E-state index in [0.717, 1.165) is 17.9 Å². The van der Waals surface area contributed by atoms with Crippen molar-refractivity contribution in [2.24, 2.45) is 17.3 Å². The maximum absolute atomic E-state index is 3.84. The molecule has 100 valence electrons. The first-order valence-electron chi connectivity index (χ1n) is 7.79. The van der Waals surface area contributed by atoms with Gasteiger partial charge in [0, 0.05) is 6.04 Å². The molecule has 2 rings (SSSR count). The van der Waals surface area contributed by atoms with Crippen LogP contribution < -0.4 is 5.32 Å². The normalized spacial score (nSPS) is 31.9. The van der Waals surface area contributed by atoms with Crippen molar-refractivity contribution in [3.8, 4) is 0 Å². The van der Waals surface area contributed by atoms with E-state index in [0.29, 0.717) is 5.41 Å². The molecular weight excluding hydrogens is 206 g/mol. The van der Waals surface area contributed by atoms with Gasteiger partial charge in [-0.2, -0.15) is 0 Å². The molecule has 2 aliphatic carbocycles. The Labute approximate surface area is 108 Å². The Hall–Kier alpha value is -0.0400. The fourth-order valence-electron chi connectivity index (χ4n) is 3.71. The van der Waals surface area contributed by atoms with Gasteiger partial charge < -0.3 is 5.32 Å². The molecule has 1 heteroatoms. The van der Waals surface area contributed by atoms with Crippen molar-refractivity contribution in [1.29, 1.82) is 0 Å². The quantitative estimate of drug-likeness (QED) is 0.768. The average molecular weight is 237 g/mol. The minimum absolute atomic E-state index is 0.524. The number of rotatable bonds is 3. The summed E-state index contributed by atoms with van der Waals surface area (Å²) < 4.78 is 0. The summed E-state index contributed by atoms with van der Waals surface area (Å²) in [6.07, 6.45) is 11.6. The van der Waals surface area contributed by atoms with Gasteiger partial charge in [-0.25, -0.2) is 0 Å². The molecule has 0 aromatic heterocycles. The second kappa shape index (κ2) is 5.73. The van der Waals surface area contributed by atoms with Crippen LogP contribution in [0.25, 0.3) is 0 Å². The van der Waals surface area contributed by atoms with E-state index in [4.69, 9.17) is 0 Å². The second-order valence-electron chi connectivity index (χ2n) is 7.47. The fraction of sp³-hybridized carbons (Fsp3) is 1.00. The molecule has 0 heterocycles. The predicted octanol–water partition coefficient (Wildman–Crippen LogP) is 4.37. The van der Waals surface area contributed by atoms with E-state index in [1.807, 2.05) is 0 Å². The number of nitrogens with one attached hydrogen (secondary N) is 1. The third kappa shape index (κ3) is 3.98. The van der Waals surface area contributed by atoms with Crippen molar-refractivity contribution in [2.45, 2.75) is 78.2 Å². The molecule has 0 bridgehead atoms. The first-order chi connectivity index (χ1) is 8.05. The van der Waals surface area contributed by atoms with Gasteiger partial charge in [0.1, 0.15) is 0 Å². The van der Waals surface area contributed by atoms with Crippen LogP contribution in [0, 0.1) is 17.3 Å². The van der Waals surface area contributed by atoms with Crippen LogP contribution in [-0.4, -0.2) is 12.6 Å². The Balaban J connectivity index is 1.65. The second-order valence-corrected chi connectivity index (χ2v) is 7.47. The maximum atomic E-state index is 3.84. The van der Waals surface area contributed by atoms with Crippen LogP contribution in [-0.2, 0) is 0 Å². The van der Waals surface area contributed by atoms with E-state index in [1.165, 1.54) is 57.9 Å². The minimum atomic E-state index is 0.524. The standard InChI is InChI=1S/C16H31N/c1-16(2,3)14-8-10-15(11-9-14)17-12-13-6-4-5-7-13/h13-15,17H,4-12H2,1-3H3. The van der Waals surface area contributed by atoms with E-state index in [1.54, 1.807) is 0 Å². The first-order valence-corrected chi connectivity index (χ1v) is 7.79. The van der Waals surface area contributed by atoms with Crippen LogP contribution >= 0.6 is 0 Å². The summed E-state index contributed by atoms with van der Waals surface area (Å²) in [7, 11) is 0. The minimum Gasteiger partial charge on any atom is -0.314 e. The molecule has 0 aliphatic heterocycles. The van der Waals surface area contributed by atoms with Crippen LogP contribution in [0.4, 0.5) is 0 Å². The van der Waals surface area contributed by atoms with Gasteiger partial charge in [-0.15, -0.1) is 0 Å². The monoisotopic (exact) mass is 237 g/mol. The largest absolute Gasteiger partial charge is 0.314 e. The Bertz CT molecular complexity index is 214. The smallest absolute Gasteiger partial charge is 0.00673 e. The maximum Gasteiger partial charge on any atom is 0.00673 e. The zero-order valence-electron chi connectivity index (χ0n) is 12.1. The molecule has 0 unspecified atom stereocenters. The van der Waals surface area contributed by atoms with E-state index in [-0.39, 0.29) is 0 Å². The van der Waals surface area contributed by atoms with Crippen LogP contribution in [0.15, 0.2) is 0 Å². The molecule has 0 aromatic carbocycles. The van der Waals surface area contributed by atoms with Gasteiger partial charge in [0.2, 0.25) is 0 Å². The van der Waals surface area contributed by atoms with E-state index < -0.39 is 0 Å². The van der Waals surface area contributed by atoms with Gasteiger partial charge in [0.05, 0.1) is 0 Å². The zero-order chi connectivity index (χ0) is 12.3. The molecule has 17 heavy (non-hydrogen) atoms. The highest BCUT2D eigenvalue weighted by atomic mass is 14.9. The summed E-state index contributed by atoms with van der Waals surface area (Å²) in [4.78, 5) is 0. The lowest BCUT2D eigenvalue weighted by molar-refractivity contribution is 0.158. The van der Waals surface area contributed by atoms with E-state index in [9.17, 15) is 0 Å². The molecule has 0 amide bonds. The fourth-order valence-corrected chi connectivity index (χ4v) is 3.71. The topological polar surface area (TPSA) is 12.0 Å². The van der Waals surface area contributed by atoms with Crippen LogP contribution in [0.5, 0.6) is 0 Å². The lowest BCUT2D eigenvalue weighted by Crippen LogP contribution is -2.38. The van der Waals surface area contributed by atoms with Crippen molar-refractivity contribution >= 4 is 0 Å². The van der Waals surface area contributed by atoms with Gasteiger partial charge in [0.15, 0.2) is 0 Å². The molecule has 2 aliphatic rings. The molecule has 1 nitrogen and oxygen atoms in total. The summed E-state index contributed by atoms with van der Waals surface area (Å²) in [5.74, 6) is 1.95. The Morgan fingerprint density at radius 1 is 0.882 bits per heavy atom. The molecule has 0 atom stereocenters. The van der Waals surface area contributed by atoms with Gasteiger partial charge in [0.25, 0.3) is 0 Å². The molecule has 1 N–H and O–H groups in total. The highest BCUT2D eigenvalue weighted by Crippen LogP contribution is 2.37. The Morgan fingerprint density at radius 3 is 2.00 bits per heavy atom. The highest BCUT2D eigenvalue weighted by Gasteiger charge is 2.29. The Kier molecular flexibility index (Phi) is 4.52. The SMILES string of the molecule is CC(C)(C)C1CCC(NCC2CCCC2)CC1. The van der Waals surface area contributed by atoms with Crippen molar-refractivity contribution < 1.29 is 0 Å². The highest BCUT2D eigenvalue weighted by molar-refractivity contribution is 4.84. The molecule has 0 spiro atoms. The molecule has 2 saturated carbocycles. The lowest BCUT2D eigenvalue weighted by atomic mass is 9.71. The summed E-state index contributed by atoms with van der Waals surface area (Å²) >= 11 is 0. The summed E-state index contributed by atoms with van der Waals surface area (Å²) in [5, 5.41) is 3.84. The Morgan fingerprint density at radius 2 is 1.47 bits per heavy atom. The zero-order valence-corrected chi connectivity index (χ0v) is 12.1. The molecular formula is C16H31N. The van der Waals surface area contributed by atoms with E-state index in [2.05, 4.69) is 26.1 Å². The first kappa shape index (κ1) is 13.4.